The fraction of sp³-hybridized carbons (Fsp3) is 0.381. The topological polar surface area (TPSA) is 58.6 Å². The van der Waals surface area contributed by atoms with Crippen LogP contribution >= 0.6 is 0 Å². The first-order valence-corrected chi connectivity index (χ1v) is 8.92. The molecule has 1 amide bonds. The van der Waals surface area contributed by atoms with E-state index < -0.39 is 29.8 Å². The van der Waals surface area contributed by atoms with Gasteiger partial charge in [-0.2, -0.15) is 13.2 Å². The molecular weight excluding hydrogens is 371 g/mol. The largest absolute Gasteiger partial charge is 0.430 e. The normalized spacial score (nSPS) is 16.1. The number of aliphatic hydroxyl groups is 1. The van der Waals surface area contributed by atoms with Crippen molar-refractivity contribution in [1.82, 2.24) is 5.32 Å². The average molecular weight is 395 g/mol. The summed E-state index contributed by atoms with van der Waals surface area (Å²) < 4.78 is 46.7. The van der Waals surface area contributed by atoms with Crippen molar-refractivity contribution >= 4 is 5.91 Å². The quantitative estimate of drug-likeness (QED) is 0.718. The Kier molecular flexibility index (Phi) is 7.21. The third-order valence-electron chi connectivity index (χ3n) is 4.69. The highest BCUT2D eigenvalue weighted by Gasteiger charge is 2.62. The molecule has 0 aliphatic heterocycles. The van der Waals surface area contributed by atoms with Crippen LogP contribution in [0.4, 0.5) is 13.2 Å². The number of rotatable bonds is 8. The molecule has 2 N–H and O–H groups in total. The van der Waals surface area contributed by atoms with Crippen molar-refractivity contribution in [2.24, 2.45) is 0 Å². The highest BCUT2D eigenvalue weighted by Crippen LogP contribution is 2.42. The minimum absolute atomic E-state index is 0.278. The van der Waals surface area contributed by atoms with Crippen LogP contribution in [-0.2, 0) is 21.6 Å². The van der Waals surface area contributed by atoms with Crippen LogP contribution in [-0.4, -0.2) is 36.4 Å². The summed E-state index contributed by atoms with van der Waals surface area (Å²) >= 11 is 0. The van der Waals surface area contributed by atoms with Gasteiger partial charge in [-0.05, 0) is 25.3 Å². The summed E-state index contributed by atoms with van der Waals surface area (Å²) in [6.07, 6.45) is -5.25. The zero-order chi connectivity index (χ0) is 20.8. The lowest BCUT2D eigenvalue weighted by Gasteiger charge is -2.35. The maximum absolute atomic E-state index is 14.0. The van der Waals surface area contributed by atoms with Crippen molar-refractivity contribution in [2.45, 2.75) is 43.7 Å². The molecule has 0 heterocycles. The first kappa shape index (κ1) is 21.9. The fourth-order valence-electron chi connectivity index (χ4n) is 3.09. The molecule has 28 heavy (non-hydrogen) atoms. The standard InChI is InChI=1S/C21H24F3NO3/c1-15(26)18(14-13-16-9-5-3-6-10-16)25-19(27)20(28-2,21(22,23)24)17-11-7-4-8-12-17/h3-12,15,18,26H,13-14H2,1-2H3,(H,25,27)/t15-,18-,20-/m0/s1. The van der Waals surface area contributed by atoms with E-state index in [0.717, 1.165) is 12.7 Å². The number of halogens is 3. The lowest BCUT2D eigenvalue weighted by molar-refractivity contribution is -0.266. The number of carbonyl (C=O) groups is 1. The Bertz CT molecular complexity index is 750. The molecule has 0 aliphatic rings. The lowest BCUT2D eigenvalue weighted by atomic mass is 9.90. The number of hydrogen-bond donors (Lipinski definition) is 2. The van der Waals surface area contributed by atoms with Crippen molar-refractivity contribution in [3.63, 3.8) is 0 Å². The van der Waals surface area contributed by atoms with Crippen LogP contribution in [0.5, 0.6) is 0 Å². The van der Waals surface area contributed by atoms with E-state index in [-0.39, 0.29) is 12.0 Å². The summed E-state index contributed by atoms with van der Waals surface area (Å²) in [5.41, 5.74) is -2.53. The molecule has 3 atom stereocenters. The number of aliphatic hydroxyl groups excluding tert-OH is 1. The molecule has 0 saturated carbocycles. The van der Waals surface area contributed by atoms with Crippen LogP contribution in [0.1, 0.15) is 24.5 Å². The third kappa shape index (κ3) is 4.72. The zero-order valence-electron chi connectivity index (χ0n) is 15.7. The van der Waals surface area contributed by atoms with Gasteiger partial charge in [0.05, 0.1) is 12.1 Å². The van der Waals surface area contributed by atoms with Gasteiger partial charge in [-0.1, -0.05) is 60.7 Å². The number of benzene rings is 2. The van der Waals surface area contributed by atoms with Crippen LogP contribution in [0, 0.1) is 0 Å². The van der Waals surface area contributed by atoms with Gasteiger partial charge in [0.25, 0.3) is 11.5 Å². The Balaban J connectivity index is 2.27. The van der Waals surface area contributed by atoms with E-state index >= 15 is 0 Å². The minimum atomic E-state index is -4.99. The van der Waals surface area contributed by atoms with E-state index in [9.17, 15) is 23.1 Å². The lowest BCUT2D eigenvalue weighted by Crippen LogP contribution is -2.59. The third-order valence-corrected chi connectivity index (χ3v) is 4.69. The minimum Gasteiger partial charge on any atom is -0.391 e. The van der Waals surface area contributed by atoms with Crippen LogP contribution in [0.2, 0.25) is 0 Å². The maximum atomic E-state index is 14.0. The van der Waals surface area contributed by atoms with Gasteiger partial charge in [-0.3, -0.25) is 4.79 Å². The number of nitrogens with one attached hydrogen (secondary N) is 1. The van der Waals surface area contributed by atoms with Gasteiger partial charge in [-0.25, -0.2) is 0 Å². The maximum Gasteiger partial charge on any atom is 0.430 e. The predicted molar refractivity (Wildman–Crippen MR) is 99.6 cm³/mol. The molecule has 0 aromatic heterocycles. The predicted octanol–water partition coefficient (Wildman–Crippen LogP) is 3.59. The first-order chi connectivity index (χ1) is 13.2. The van der Waals surface area contributed by atoms with Gasteiger partial charge in [0.1, 0.15) is 0 Å². The molecule has 0 radical (unpaired) electrons. The van der Waals surface area contributed by atoms with E-state index in [2.05, 4.69) is 5.32 Å². The second kappa shape index (κ2) is 9.21. The molecule has 0 saturated heterocycles. The molecule has 2 aromatic carbocycles. The van der Waals surface area contributed by atoms with Crippen molar-refractivity contribution in [2.75, 3.05) is 7.11 Å². The van der Waals surface area contributed by atoms with Gasteiger partial charge in [0.2, 0.25) is 0 Å². The highest BCUT2D eigenvalue weighted by molar-refractivity contribution is 5.88. The number of hydrogen-bond acceptors (Lipinski definition) is 3. The second-order valence-corrected chi connectivity index (χ2v) is 6.59. The number of methoxy groups -OCH3 is 1. The molecule has 0 unspecified atom stereocenters. The molecular formula is C21H24F3NO3. The molecule has 0 aliphatic carbocycles. The van der Waals surface area contributed by atoms with Crippen LogP contribution < -0.4 is 5.32 Å². The Morgan fingerprint density at radius 1 is 1.07 bits per heavy atom. The molecule has 4 nitrogen and oxygen atoms in total. The average Bonchev–Trinajstić information content (AvgIpc) is 2.66. The molecule has 152 valence electrons. The first-order valence-electron chi connectivity index (χ1n) is 8.92. The summed E-state index contributed by atoms with van der Waals surface area (Å²) in [5.74, 6) is -1.35. The number of aryl methyl sites for hydroxylation is 1. The molecule has 0 spiro atoms. The van der Waals surface area contributed by atoms with Crippen LogP contribution in [0.3, 0.4) is 0 Å². The van der Waals surface area contributed by atoms with E-state index in [1.54, 1.807) is 6.07 Å². The molecule has 0 fully saturated rings. The van der Waals surface area contributed by atoms with Crippen LogP contribution in [0.25, 0.3) is 0 Å². The summed E-state index contributed by atoms with van der Waals surface area (Å²) in [7, 11) is 0.849. The monoisotopic (exact) mass is 395 g/mol. The highest BCUT2D eigenvalue weighted by atomic mass is 19.4. The summed E-state index contributed by atoms with van der Waals surface area (Å²) in [6.45, 7) is 1.43. The Morgan fingerprint density at radius 3 is 2.07 bits per heavy atom. The van der Waals surface area contributed by atoms with E-state index in [0.29, 0.717) is 6.42 Å². The summed E-state index contributed by atoms with van der Waals surface area (Å²) in [6, 6.07) is 15.2. The number of alkyl halides is 3. The molecule has 2 aromatic rings. The van der Waals surface area contributed by atoms with Crippen molar-refractivity contribution in [1.29, 1.82) is 0 Å². The van der Waals surface area contributed by atoms with Crippen molar-refractivity contribution < 1.29 is 27.8 Å². The van der Waals surface area contributed by atoms with Gasteiger partial charge in [0, 0.05) is 12.7 Å². The Morgan fingerprint density at radius 2 is 1.61 bits per heavy atom. The van der Waals surface area contributed by atoms with Crippen LogP contribution in [0.15, 0.2) is 60.7 Å². The Labute approximate surface area is 162 Å². The van der Waals surface area contributed by atoms with Gasteiger partial charge >= 0.3 is 6.18 Å². The van der Waals surface area contributed by atoms with Gasteiger partial charge in [-0.15, -0.1) is 0 Å². The van der Waals surface area contributed by atoms with Crippen molar-refractivity contribution in [3.8, 4) is 0 Å². The summed E-state index contributed by atoms with van der Waals surface area (Å²) in [4.78, 5) is 12.8. The van der Waals surface area contributed by atoms with Gasteiger partial charge < -0.3 is 15.2 Å². The smallest absolute Gasteiger partial charge is 0.391 e. The van der Waals surface area contributed by atoms with E-state index in [1.165, 1.54) is 31.2 Å². The zero-order valence-corrected chi connectivity index (χ0v) is 15.7. The number of carbonyl (C=O) groups excluding carboxylic acids is 1. The fourth-order valence-corrected chi connectivity index (χ4v) is 3.09. The van der Waals surface area contributed by atoms with Crippen molar-refractivity contribution in [3.05, 3.63) is 71.8 Å². The number of ether oxygens (including phenoxy) is 1. The second-order valence-electron chi connectivity index (χ2n) is 6.59. The summed E-state index contributed by atoms with van der Waals surface area (Å²) in [5, 5.41) is 12.4. The van der Waals surface area contributed by atoms with E-state index in [1.807, 2.05) is 30.3 Å². The van der Waals surface area contributed by atoms with E-state index in [4.69, 9.17) is 4.74 Å². The number of amides is 1. The SMILES string of the molecule is CO[C@](C(=O)N[C@@H](CCc1ccccc1)[C@H](C)O)(c1ccccc1)C(F)(F)F. The molecule has 0 bridgehead atoms. The van der Waals surface area contributed by atoms with Gasteiger partial charge in [0.15, 0.2) is 0 Å². The molecule has 2 rings (SSSR count). The Hall–Kier alpha value is -2.38. The molecule has 7 heteroatoms.